The molecular weight excluding hydrogens is 384 g/mol. The van der Waals surface area contributed by atoms with E-state index >= 15 is 0 Å². The molecule has 0 bridgehead atoms. The number of hydrogen-bond donors (Lipinski definition) is 2. The van der Waals surface area contributed by atoms with Crippen molar-refractivity contribution in [2.45, 2.75) is 6.42 Å². The molecule has 0 unspecified atom stereocenters. The molecule has 1 heterocycles. The molecule has 1 aromatic heterocycles. The number of amides is 2. The monoisotopic (exact) mass is 400 g/mol. The lowest BCUT2D eigenvalue weighted by Crippen LogP contribution is -2.27. The zero-order valence-corrected chi connectivity index (χ0v) is 15.6. The van der Waals surface area contributed by atoms with Gasteiger partial charge in [0.05, 0.1) is 22.2 Å². The predicted octanol–water partition coefficient (Wildman–Crippen LogP) is 2.97. The summed E-state index contributed by atoms with van der Waals surface area (Å²) in [7, 11) is 1.58. The number of anilines is 1. The Morgan fingerprint density at radius 2 is 1.96 bits per heavy atom. The molecule has 2 N–H and O–H groups in total. The first kappa shape index (κ1) is 19.2. The summed E-state index contributed by atoms with van der Waals surface area (Å²) in [5, 5.41) is 16.4. The average molecular weight is 400 g/mol. The molecule has 3 rings (SSSR count). The number of aromatic nitrogens is 1. The maximum atomic E-state index is 12.1. The summed E-state index contributed by atoms with van der Waals surface area (Å²) in [4.78, 5) is 38.5. The third kappa shape index (κ3) is 4.60. The number of ether oxygens (including phenoxy) is 1. The van der Waals surface area contributed by atoms with Crippen LogP contribution in [0.3, 0.4) is 0 Å². The molecular formula is C18H16N4O5S. The SMILES string of the molecule is COc1ccc2nc(NC(=O)CCNC(=O)c3ccc([N+](=O)[O-])cc3)sc2c1. The van der Waals surface area contributed by atoms with Crippen molar-refractivity contribution in [1.82, 2.24) is 10.3 Å². The number of nitro groups is 1. The molecule has 0 saturated heterocycles. The topological polar surface area (TPSA) is 123 Å². The smallest absolute Gasteiger partial charge is 0.269 e. The molecule has 9 nitrogen and oxygen atoms in total. The number of methoxy groups -OCH3 is 1. The van der Waals surface area contributed by atoms with Gasteiger partial charge >= 0.3 is 0 Å². The van der Waals surface area contributed by atoms with Crippen LogP contribution in [0.5, 0.6) is 5.75 Å². The molecule has 3 aromatic rings. The van der Waals surface area contributed by atoms with Gasteiger partial charge in [-0.1, -0.05) is 11.3 Å². The van der Waals surface area contributed by atoms with E-state index < -0.39 is 10.8 Å². The molecule has 2 amide bonds. The number of carbonyl (C=O) groups is 2. The van der Waals surface area contributed by atoms with Crippen LogP contribution in [0.25, 0.3) is 10.2 Å². The van der Waals surface area contributed by atoms with Gasteiger partial charge in [0.15, 0.2) is 5.13 Å². The molecule has 0 atom stereocenters. The first-order chi connectivity index (χ1) is 13.5. The first-order valence-electron chi connectivity index (χ1n) is 8.23. The van der Waals surface area contributed by atoms with Gasteiger partial charge in [-0.25, -0.2) is 4.98 Å². The minimum Gasteiger partial charge on any atom is -0.497 e. The Kier molecular flexibility index (Phi) is 5.80. The fraction of sp³-hybridized carbons (Fsp3) is 0.167. The van der Waals surface area contributed by atoms with Gasteiger partial charge in [0.1, 0.15) is 5.75 Å². The van der Waals surface area contributed by atoms with Gasteiger partial charge in [0.25, 0.3) is 11.6 Å². The molecule has 0 spiro atoms. The second-order valence-electron chi connectivity index (χ2n) is 5.71. The van der Waals surface area contributed by atoms with Crippen LogP contribution in [0.1, 0.15) is 16.8 Å². The van der Waals surface area contributed by atoms with Gasteiger partial charge in [-0.3, -0.25) is 19.7 Å². The van der Waals surface area contributed by atoms with Crippen LogP contribution >= 0.6 is 11.3 Å². The third-order valence-electron chi connectivity index (χ3n) is 3.82. The second kappa shape index (κ2) is 8.44. The van der Waals surface area contributed by atoms with Crippen LogP contribution in [0.4, 0.5) is 10.8 Å². The zero-order chi connectivity index (χ0) is 20.1. The van der Waals surface area contributed by atoms with Crippen molar-refractivity contribution in [3.8, 4) is 5.75 Å². The van der Waals surface area contributed by atoms with E-state index in [9.17, 15) is 19.7 Å². The number of nitrogens with zero attached hydrogens (tertiary/aromatic N) is 2. The predicted molar refractivity (Wildman–Crippen MR) is 105 cm³/mol. The van der Waals surface area contributed by atoms with Gasteiger partial charge in [0, 0.05) is 30.7 Å². The Balaban J connectivity index is 1.50. The van der Waals surface area contributed by atoms with Gasteiger partial charge in [0.2, 0.25) is 5.91 Å². The summed E-state index contributed by atoms with van der Waals surface area (Å²) in [6.45, 7) is 0.125. The summed E-state index contributed by atoms with van der Waals surface area (Å²) in [5.74, 6) is 0.0211. The lowest BCUT2D eigenvalue weighted by molar-refractivity contribution is -0.384. The lowest BCUT2D eigenvalue weighted by atomic mass is 10.2. The first-order valence-corrected chi connectivity index (χ1v) is 9.05. The molecule has 0 aliphatic carbocycles. The molecule has 0 radical (unpaired) electrons. The second-order valence-corrected chi connectivity index (χ2v) is 6.74. The van der Waals surface area contributed by atoms with E-state index in [1.807, 2.05) is 12.1 Å². The molecule has 0 fully saturated rings. The molecule has 144 valence electrons. The minimum absolute atomic E-state index is 0.0674. The van der Waals surface area contributed by atoms with Crippen molar-refractivity contribution in [3.63, 3.8) is 0 Å². The van der Waals surface area contributed by atoms with E-state index in [4.69, 9.17) is 4.74 Å². The Bertz CT molecular complexity index is 1030. The number of benzene rings is 2. The molecule has 10 heteroatoms. The highest BCUT2D eigenvalue weighted by molar-refractivity contribution is 7.22. The fourth-order valence-electron chi connectivity index (χ4n) is 2.39. The van der Waals surface area contributed by atoms with Gasteiger partial charge < -0.3 is 15.4 Å². The largest absolute Gasteiger partial charge is 0.497 e. The molecule has 2 aromatic carbocycles. The normalized spacial score (nSPS) is 10.5. The van der Waals surface area contributed by atoms with Crippen molar-refractivity contribution in [3.05, 3.63) is 58.1 Å². The van der Waals surface area contributed by atoms with E-state index in [0.717, 1.165) is 10.2 Å². The van der Waals surface area contributed by atoms with Crippen molar-refractivity contribution in [1.29, 1.82) is 0 Å². The number of nitro benzene ring substituents is 1. The maximum absolute atomic E-state index is 12.1. The highest BCUT2D eigenvalue weighted by atomic mass is 32.1. The van der Waals surface area contributed by atoms with Crippen LogP contribution in [-0.4, -0.2) is 35.4 Å². The number of fused-ring (bicyclic) bond motifs is 1. The number of nitrogens with one attached hydrogen (secondary N) is 2. The number of carbonyl (C=O) groups excluding carboxylic acids is 2. The lowest BCUT2D eigenvalue weighted by Gasteiger charge is -2.05. The standard InChI is InChI=1S/C18H16N4O5S/c1-27-13-6-7-14-15(10-13)28-18(20-14)21-16(23)8-9-19-17(24)11-2-4-12(5-3-11)22(25)26/h2-7,10H,8-9H2,1H3,(H,19,24)(H,20,21,23). The van der Waals surface area contributed by atoms with Crippen LogP contribution < -0.4 is 15.4 Å². The molecule has 0 aliphatic rings. The number of rotatable bonds is 7. The van der Waals surface area contributed by atoms with Crippen LogP contribution in [0.2, 0.25) is 0 Å². The minimum atomic E-state index is -0.538. The quantitative estimate of drug-likeness (QED) is 0.464. The van der Waals surface area contributed by atoms with Crippen LogP contribution in [0.15, 0.2) is 42.5 Å². The third-order valence-corrected chi connectivity index (χ3v) is 4.75. The van der Waals surface area contributed by atoms with Gasteiger partial charge in [-0.05, 0) is 30.3 Å². The van der Waals surface area contributed by atoms with E-state index in [2.05, 4.69) is 15.6 Å². The molecule has 28 heavy (non-hydrogen) atoms. The molecule has 0 aliphatic heterocycles. The Morgan fingerprint density at radius 1 is 1.21 bits per heavy atom. The Labute approximate surface area is 163 Å². The van der Waals surface area contributed by atoms with E-state index in [0.29, 0.717) is 10.9 Å². The van der Waals surface area contributed by atoms with E-state index in [-0.39, 0.29) is 30.1 Å². The zero-order valence-electron chi connectivity index (χ0n) is 14.8. The van der Waals surface area contributed by atoms with Crippen LogP contribution in [0, 0.1) is 10.1 Å². The summed E-state index contributed by atoms with van der Waals surface area (Å²) in [6, 6.07) is 10.7. The number of hydrogen-bond acceptors (Lipinski definition) is 7. The van der Waals surface area contributed by atoms with Gasteiger partial charge in [-0.15, -0.1) is 0 Å². The Hall–Kier alpha value is -3.53. The van der Waals surface area contributed by atoms with Gasteiger partial charge in [-0.2, -0.15) is 0 Å². The molecule has 0 saturated carbocycles. The summed E-state index contributed by atoms with van der Waals surface area (Å²) < 4.78 is 6.05. The summed E-state index contributed by atoms with van der Waals surface area (Å²) in [6.07, 6.45) is 0.0674. The highest BCUT2D eigenvalue weighted by Gasteiger charge is 2.11. The number of non-ortho nitro benzene ring substituents is 1. The van der Waals surface area contributed by atoms with Crippen molar-refractivity contribution >= 4 is 44.2 Å². The number of thiazole rings is 1. The maximum Gasteiger partial charge on any atom is 0.269 e. The fourth-order valence-corrected chi connectivity index (χ4v) is 3.30. The highest BCUT2D eigenvalue weighted by Crippen LogP contribution is 2.29. The van der Waals surface area contributed by atoms with E-state index in [1.165, 1.54) is 35.6 Å². The van der Waals surface area contributed by atoms with Crippen molar-refractivity contribution in [2.75, 3.05) is 19.0 Å². The Morgan fingerprint density at radius 3 is 2.64 bits per heavy atom. The van der Waals surface area contributed by atoms with Crippen LogP contribution in [-0.2, 0) is 4.79 Å². The van der Waals surface area contributed by atoms with E-state index in [1.54, 1.807) is 13.2 Å². The average Bonchev–Trinajstić information content (AvgIpc) is 3.08. The summed E-state index contributed by atoms with van der Waals surface area (Å²) in [5.41, 5.74) is 0.947. The van der Waals surface area contributed by atoms with Crippen molar-refractivity contribution in [2.24, 2.45) is 0 Å². The van der Waals surface area contributed by atoms with Crippen molar-refractivity contribution < 1.29 is 19.2 Å². The summed E-state index contributed by atoms with van der Waals surface area (Å²) >= 11 is 1.33.